The third-order valence-electron chi connectivity index (χ3n) is 7.05. The van der Waals surface area contributed by atoms with Crippen molar-refractivity contribution in [3.8, 4) is 0 Å². The van der Waals surface area contributed by atoms with Crippen LogP contribution < -0.4 is 4.90 Å². The van der Waals surface area contributed by atoms with Gasteiger partial charge in [-0.2, -0.15) is 0 Å². The number of para-hydroxylation sites is 1. The Morgan fingerprint density at radius 3 is 2.18 bits per heavy atom. The standard InChI is InChI=1S/C27H34ClN3O2/c28-20-26(32)31(21-22-8-3-1-4-9-22)25-12-7-16-30(19-15-25)27(33)23-13-17-29(18-14-23)24-10-5-2-6-11-24/h1-6,8-11,23,25H,7,12-21H2. The second-order valence-electron chi connectivity index (χ2n) is 9.15. The molecule has 4 rings (SSSR count). The predicted molar refractivity (Wildman–Crippen MR) is 133 cm³/mol. The molecule has 5 nitrogen and oxygen atoms in total. The summed E-state index contributed by atoms with van der Waals surface area (Å²) < 4.78 is 0. The second kappa shape index (κ2) is 11.6. The summed E-state index contributed by atoms with van der Waals surface area (Å²) in [6.45, 7) is 3.91. The van der Waals surface area contributed by atoms with Gasteiger partial charge in [-0.1, -0.05) is 48.5 Å². The molecule has 2 aliphatic rings. The van der Waals surface area contributed by atoms with Crippen molar-refractivity contribution in [3.63, 3.8) is 0 Å². The molecule has 176 valence electrons. The average molecular weight is 468 g/mol. The van der Waals surface area contributed by atoms with Crippen LogP contribution in [0.5, 0.6) is 0 Å². The molecule has 2 aromatic rings. The molecule has 2 fully saturated rings. The molecule has 2 aromatic carbocycles. The van der Waals surface area contributed by atoms with E-state index in [0.717, 1.165) is 57.3 Å². The quantitative estimate of drug-likeness (QED) is 0.585. The molecule has 1 atom stereocenters. The number of halogens is 1. The monoisotopic (exact) mass is 467 g/mol. The number of nitrogens with zero attached hydrogens (tertiary/aromatic N) is 3. The van der Waals surface area contributed by atoms with E-state index in [2.05, 4.69) is 34.1 Å². The highest BCUT2D eigenvalue weighted by Crippen LogP contribution is 2.26. The first-order valence-electron chi connectivity index (χ1n) is 12.1. The highest BCUT2D eigenvalue weighted by molar-refractivity contribution is 6.27. The molecule has 33 heavy (non-hydrogen) atoms. The number of hydrogen-bond acceptors (Lipinski definition) is 3. The fourth-order valence-corrected chi connectivity index (χ4v) is 5.32. The van der Waals surface area contributed by atoms with Crippen LogP contribution in [0.15, 0.2) is 60.7 Å². The fourth-order valence-electron chi connectivity index (χ4n) is 5.17. The number of hydrogen-bond donors (Lipinski definition) is 0. The Morgan fingerprint density at radius 1 is 0.848 bits per heavy atom. The minimum Gasteiger partial charge on any atom is -0.371 e. The van der Waals surface area contributed by atoms with Gasteiger partial charge < -0.3 is 14.7 Å². The van der Waals surface area contributed by atoms with E-state index in [9.17, 15) is 9.59 Å². The van der Waals surface area contributed by atoms with Crippen LogP contribution in [-0.2, 0) is 16.1 Å². The van der Waals surface area contributed by atoms with Crippen LogP contribution in [0.2, 0.25) is 0 Å². The van der Waals surface area contributed by atoms with Crippen LogP contribution in [0, 0.1) is 5.92 Å². The third kappa shape index (κ3) is 6.08. The summed E-state index contributed by atoms with van der Waals surface area (Å²) in [4.78, 5) is 32.3. The van der Waals surface area contributed by atoms with Crippen LogP contribution >= 0.6 is 11.6 Å². The summed E-state index contributed by atoms with van der Waals surface area (Å²) in [6, 6.07) is 20.6. The second-order valence-corrected chi connectivity index (χ2v) is 9.42. The van der Waals surface area contributed by atoms with Crippen molar-refractivity contribution in [1.82, 2.24) is 9.80 Å². The SMILES string of the molecule is O=C(C1CCN(c2ccccc2)CC1)N1CCCC(N(Cc2ccccc2)C(=O)CCl)CC1. The Kier molecular flexibility index (Phi) is 8.27. The van der Waals surface area contributed by atoms with Gasteiger partial charge in [-0.15, -0.1) is 11.6 Å². The molecule has 0 bridgehead atoms. The summed E-state index contributed by atoms with van der Waals surface area (Å²) in [5.41, 5.74) is 2.35. The topological polar surface area (TPSA) is 43.9 Å². The lowest BCUT2D eigenvalue weighted by Crippen LogP contribution is -2.44. The van der Waals surface area contributed by atoms with Crippen LogP contribution in [0.3, 0.4) is 0 Å². The summed E-state index contributed by atoms with van der Waals surface area (Å²) in [5, 5.41) is 0. The fraction of sp³-hybridized carbons (Fsp3) is 0.481. The summed E-state index contributed by atoms with van der Waals surface area (Å²) in [7, 11) is 0. The smallest absolute Gasteiger partial charge is 0.238 e. The maximum Gasteiger partial charge on any atom is 0.238 e. The zero-order chi connectivity index (χ0) is 23.0. The molecule has 0 spiro atoms. The van der Waals surface area contributed by atoms with E-state index in [1.54, 1.807) is 0 Å². The van der Waals surface area contributed by atoms with Gasteiger partial charge in [0.15, 0.2) is 0 Å². The molecule has 2 saturated heterocycles. The molecule has 6 heteroatoms. The number of rotatable bonds is 6. The van der Waals surface area contributed by atoms with Gasteiger partial charge in [-0.25, -0.2) is 0 Å². The van der Waals surface area contributed by atoms with E-state index in [4.69, 9.17) is 11.6 Å². The third-order valence-corrected chi connectivity index (χ3v) is 7.27. The van der Waals surface area contributed by atoms with Gasteiger partial charge in [-0.05, 0) is 49.8 Å². The number of piperidine rings is 1. The first-order valence-corrected chi connectivity index (χ1v) is 12.7. The first kappa shape index (κ1) is 23.6. The number of carbonyl (C=O) groups excluding carboxylic acids is 2. The van der Waals surface area contributed by atoms with Crippen molar-refractivity contribution in [3.05, 3.63) is 66.2 Å². The lowest BCUT2D eigenvalue weighted by Gasteiger charge is -2.35. The van der Waals surface area contributed by atoms with E-state index in [-0.39, 0.29) is 23.7 Å². The molecule has 0 N–H and O–H groups in total. The van der Waals surface area contributed by atoms with E-state index in [0.29, 0.717) is 19.0 Å². The van der Waals surface area contributed by atoms with Crippen molar-refractivity contribution >= 4 is 29.1 Å². The van der Waals surface area contributed by atoms with Gasteiger partial charge in [-0.3, -0.25) is 9.59 Å². The molecule has 2 aliphatic heterocycles. The Bertz CT molecular complexity index is 900. The molecule has 2 heterocycles. The molecular weight excluding hydrogens is 434 g/mol. The van der Waals surface area contributed by atoms with Crippen molar-refractivity contribution in [1.29, 1.82) is 0 Å². The highest BCUT2D eigenvalue weighted by Gasteiger charge is 2.32. The number of carbonyl (C=O) groups is 2. The summed E-state index contributed by atoms with van der Waals surface area (Å²) >= 11 is 5.95. The van der Waals surface area contributed by atoms with E-state index >= 15 is 0 Å². The van der Waals surface area contributed by atoms with Crippen molar-refractivity contribution in [2.24, 2.45) is 5.92 Å². The average Bonchev–Trinajstić information content (AvgIpc) is 3.14. The molecule has 1 unspecified atom stereocenters. The molecule has 0 radical (unpaired) electrons. The lowest BCUT2D eigenvalue weighted by atomic mass is 9.94. The van der Waals surface area contributed by atoms with Crippen molar-refractivity contribution < 1.29 is 9.59 Å². The maximum absolute atomic E-state index is 13.3. The molecule has 0 aromatic heterocycles. The number of amides is 2. The van der Waals surface area contributed by atoms with Crippen molar-refractivity contribution in [2.75, 3.05) is 37.0 Å². The normalized spacial score (nSPS) is 19.7. The lowest BCUT2D eigenvalue weighted by molar-refractivity contribution is -0.136. The van der Waals surface area contributed by atoms with Gasteiger partial charge >= 0.3 is 0 Å². The largest absolute Gasteiger partial charge is 0.371 e. The summed E-state index contributed by atoms with van der Waals surface area (Å²) in [5.74, 6) is 0.359. The highest BCUT2D eigenvalue weighted by atomic mass is 35.5. The maximum atomic E-state index is 13.3. The molecule has 0 aliphatic carbocycles. The Hall–Kier alpha value is -2.53. The Labute approximate surface area is 202 Å². The Balaban J connectivity index is 1.33. The van der Waals surface area contributed by atoms with E-state index < -0.39 is 0 Å². The van der Waals surface area contributed by atoms with Crippen LogP contribution in [-0.4, -0.2) is 59.7 Å². The molecule has 2 amide bonds. The number of anilines is 1. The minimum absolute atomic E-state index is 0.00797. The van der Waals surface area contributed by atoms with Crippen molar-refractivity contribution in [2.45, 2.75) is 44.7 Å². The van der Waals surface area contributed by atoms with Crippen LogP contribution in [0.1, 0.15) is 37.7 Å². The first-order chi connectivity index (χ1) is 16.2. The summed E-state index contributed by atoms with van der Waals surface area (Å²) in [6.07, 6.45) is 4.44. The molecule has 0 saturated carbocycles. The van der Waals surface area contributed by atoms with Crippen LogP contribution in [0.4, 0.5) is 5.69 Å². The minimum atomic E-state index is -0.0291. The number of benzene rings is 2. The van der Waals surface area contributed by atoms with Gasteiger partial charge in [0.1, 0.15) is 5.88 Å². The molecular formula is C27H34ClN3O2. The van der Waals surface area contributed by atoms with Gasteiger partial charge in [0.2, 0.25) is 11.8 Å². The van der Waals surface area contributed by atoms with Gasteiger partial charge in [0.05, 0.1) is 0 Å². The van der Waals surface area contributed by atoms with E-state index in [1.165, 1.54) is 5.69 Å². The van der Waals surface area contributed by atoms with E-state index in [1.807, 2.05) is 41.3 Å². The van der Waals surface area contributed by atoms with Gasteiger partial charge in [0, 0.05) is 50.4 Å². The number of likely N-dealkylation sites (tertiary alicyclic amines) is 1. The van der Waals surface area contributed by atoms with Crippen LogP contribution in [0.25, 0.3) is 0 Å². The zero-order valence-electron chi connectivity index (χ0n) is 19.2. The van der Waals surface area contributed by atoms with Gasteiger partial charge in [0.25, 0.3) is 0 Å². The number of alkyl halides is 1. The Morgan fingerprint density at radius 2 is 1.52 bits per heavy atom. The zero-order valence-corrected chi connectivity index (χ0v) is 20.0. The predicted octanol–water partition coefficient (Wildman–Crippen LogP) is 4.55.